The van der Waals surface area contributed by atoms with E-state index in [0.717, 1.165) is 12.0 Å². The first kappa shape index (κ1) is 12.6. The minimum Gasteiger partial charge on any atom is -0.356 e. The van der Waals surface area contributed by atoms with Crippen molar-refractivity contribution in [3.63, 3.8) is 0 Å². The molecule has 1 amide bonds. The van der Waals surface area contributed by atoms with Crippen LogP contribution in [0.4, 0.5) is 0 Å². The molecule has 0 bridgehead atoms. The van der Waals surface area contributed by atoms with Gasteiger partial charge in [0.1, 0.15) is 0 Å². The summed E-state index contributed by atoms with van der Waals surface area (Å²) >= 11 is 0. The van der Waals surface area contributed by atoms with Crippen molar-refractivity contribution in [2.75, 3.05) is 13.1 Å². The van der Waals surface area contributed by atoms with E-state index in [1.54, 1.807) is 0 Å². The highest BCUT2D eigenvalue weighted by molar-refractivity contribution is 5.85. The van der Waals surface area contributed by atoms with Crippen molar-refractivity contribution in [1.82, 2.24) is 5.32 Å². The van der Waals surface area contributed by atoms with Gasteiger partial charge in [-0.3, -0.25) is 4.79 Å². The Hall–Kier alpha value is -1.87. The number of fused-ring (bicyclic) bond motifs is 1. The molecule has 0 unspecified atom stereocenters. The van der Waals surface area contributed by atoms with Gasteiger partial charge in [-0.1, -0.05) is 42.5 Å². The number of hydrogen-bond acceptors (Lipinski definition) is 2. The van der Waals surface area contributed by atoms with E-state index in [4.69, 9.17) is 5.73 Å². The Bertz CT molecular complexity index is 537. The fraction of sp³-hybridized carbons (Fsp3) is 0.267. The number of nitrogens with one attached hydrogen (secondary N) is 1. The van der Waals surface area contributed by atoms with Gasteiger partial charge in [-0.05, 0) is 29.3 Å². The molecule has 0 radical (unpaired) electrons. The predicted octanol–water partition coefficient (Wildman–Crippen LogP) is 1.85. The number of nitrogens with two attached hydrogens (primary N) is 1. The van der Waals surface area contributed by atoms with Gasteiger partial charge in [0.25, 0.3) is 0 Å². The number of carbonyl (C=O) groups excluding carboxylic acids is 1. The molecule has 0 aromatic heterocycles. The molecule has 0 aliphatic rings. The first-order chi connectivity index (χ1) is 8.79. The van der Waals surface area contributed by atoms with Crippen molar-refractivity contribution in [2.45, 2.75) is 12.8 Å². The summed E-state index contributed by atoms with van der Waals surface area (Å²) in [6.07, 6.45) is 1.25. The van der Waals surface area contributed by atoms with Crippen molar-refractivity contribution in [2.24, 2.45) is 5.73 Å². The van der Waals surface area contributed by atoms with Crippen LogP contribution in [0.1, 0.15) is 12.0 Å². The average Bonchev–Trinajstić information content (AvgIpc) is 2.39. The van der Waals surface area contributed by atoms with E-state index in [1.807, 2.05) is 18.2 Å². The lowest BCUT2D eigenvalue weighted by molar-refractivity contribution is -0.120. The van der Waals surface area contributed by atoms with E-state index in [2.05, 4.69) is 29.6 Å². The zero-order chi connectivity index (χ0) is 12.8. The van der Waals surface area contributed by atoms with Crippen molar-refractivity contribution in [3.8, 4) is 0 Å². The third-order valence-electron chi connectivity index (χ3n) is 2.88. The number of benzene rings is 2. The lowest BCUT2D eigenvalue weighted by Crippen LogP contribution is -2.27. The highest BCUT2D eigenvalue weighted by Gasteiger charge is 2.03. The average molecular weight is 242 g/mol. The Morgan fingerprint density at radius 2 is 1.89 bits per heavy atom. The lowest BCUT2D eigenvalue weighted by atomic mass is 10.0. The maximum Gasteiger partial charge on any atom is 0.224 e. The third kappa shape index (κ3) is 3.31. The molecule has 0 saturated heterocycles. The smallest absolute Gasteiger partial charge is 0.224 e. The molecule has 2 aromatic carbocycles. The van der Waals surface area contributed by atoms with Gasteiger partial charge in [0, 0.05) is 6.54 Å². The molecule has 3 N–H and O–H groups in total. The summed E-state index contributed by atoms with van der Waals surface area (Å²) in [6.45, 7) is 1.26. The molecular weight excluding hydrogens is 224 g/mol. The molecule has 0 spiro atoms. The Morgan fingerprint density at radius 1 is 1.11 bits per heavy atom. The summed E-state index contributed by atoms with van der Waals surface area (Å²) in [7, 11) is 0. The Balaban J connectivity index is 2.01. The van der Waals surface area contributed by atoms with Gasteiger partial charge in [-0.15, -0.1) is 0 Å². The normalized spacial score (nSPS) is 10.5. The van der Waals surface area contributed by atoms with Crippen LogP contribution in [0.15, 0.2) is 42.5 Å². The van der Waals surface area contributed by atoms with Gasteiger partial charge in [-0.2, -0.15) is 0 Å². The molecule has 0 saturated carbocycles. The van der Waals surface area contributed by atoms with Gasteiger partial charge in [0.2, 0.25) is 5.91 Å². The number of amides is 1. The SMILES string of the molecule is NCCCNC(=O)Cc1ccc2ccccc2c1. The zero-order valence-corrected chi connectivity index (χ0v) is 10.4. The van der Waals surface area contributed by atoms with E-state index >= 15 is 0 Å². The van der Waals surface area contributed by atoms with Crippen molar-refractivity contribution >= 4 is 16.7 Å². The van der Waals surface area contributed by atoms with E-state index < -0.39 is 0 Å². The molecule has 3 heteroatoms. The lowest BCUT2D eigenvalue weighted by Gasteiger charge is -2.05. The maximum absolute atomic E-state index is 11.7. The molecule has 2 aromatic rings. The summed E-state index contributed by atoms with van der Waals surface area (Å²) < 4.78 is 0. The van der Waals surface area contributed by atoms with Crippen LogP contribution in [0.25, 0.3) is 10.8 Å². The first-order valence-corrected chi connectivity index (χ1v) is 6.24. The standard InChI is InChI=1S/C15H18N2O/c16-8-3-9-17-15(18)11-12-6-7-13-4-1-2-5-14(13)10-12/h1-2,4-7,10H,3,8-9,11,16H2,(H,17,18). The van der Waals surface area contributed by atoms with Crippen LogP contribution in [-0.2, 0) is 11.2 Å². The highest BCUT2D eigenvalue weighted by Crippen LogP contribution is 2.15. The third-order valence-corrected chi connectivity index (χ3v) is 2.88. The molecule has 0 heterocycles. The Morgan fingerprint density at radius 3 is 2.67 bits per heavy atom. The van der Waals surface area contributed by atoms with Crippen LogP contribution >= 0.6 is 0 Å². The van der Waals surface area contributed by atoms with Crippen molar-refractivity contribution in [1.29, 1.82) is 0 Å². The second-order valence-electron chi connectivity index (χ2n) is 4.35. The largest absolute Gasteiger partial charge is 0.356 e. The molecule has 18 heavy (non-hydrogen) atoms. The predicted molar refractivity (Wildman–Crippen MR) is 74.3 cm³/mol. The minimum atomic E-state index is 0.0544. The summed E-state index contributed by atoms with van der Waals surface area (Å²) in [4.78, 5) is 11.7. The van der Waals surface area contributed by atoms with Crippen LogP contribution < -0.4 is 11.1 Å². The van der Waals surface area contributed by atoms with E-state index in [0.29, 0.717) is 19.5 Å². The van der Waals surface area contributed by atoms with E-state index in [-0.39, 0.29) is 5.91 Å². The fourth-order valence-corrected chi connectivity index (χ4v) is 1.93. The van der Waals surface area contributed by atoms with E-state index in [9.17, 15) is 4.79 Å². The highest BCUT2D eigenvalue weighted by atomic mass is 16.1. The minimum absolute atomic E-state index is 0.0544. The second kappa shape index (κ2) is 6.17. The van der Waals surface area contributed by atoms with Crippen molar-refractivity contribution in [3.05, 3.63) is 48.0 Å². The molecule has 0 atom stereocenters. The van der Waals surface area contributed by atoms with E-state index in [1.165, 1.54) is 10.8 Å². The molecular formula is C15H18N2O. The topological polar surface area (TPSA) is 55.1 Å². The summed E-state index contributed by atoms with van der Waals surface area (Å²) in [5, 5.41) is 5.23. The van der Waals surface area contributed by atoms with Gasteiger partial charge in [-0.25, -0.2) is 0 Å². The summed E-state index contributed by atoms with van der Waals surface area (Å²) in [5.74, 6) is 0.0544. The van der Waals surface area contributed by atoms with Crippen LogP contribution in [0.5, 0.6) is 0 Å². The van der Waals surface area contributed by atoms with Gasteiger partial charge in [0.05, 0.1) is 6.42 Å². The zero-order valence-electron chi connectivity index (χ0n) is 10.4. The molecule has 0 fully saturated rings. The quantitative estimate of drug-likeness (QED) is 0.786. The van der Waals surface area contributed by atoms with Crippen LogP contribution in [-0.4, -0.2) is 19.0 Å². The first-order valence-electron chi connectivity index (χ1n) is 6.24. The number of hydrogen-bond donors (Lipinski definition) is 2. The molecule has 0 aliphatic carbocycles. The molecule has 3 nitrogen and oxygen atoms in total. The monoisotopic (exact) mass is 242 g/mol. The van der Waals surface area contributed by atoms with Gasteiger partial charge >= 0.3 is 0 Å². The van der Waals surface area contributed by atoms with Gasteiger partial charge < -0.3 is 11.1 Å². The van der Waals surface area contributed by atoms with Crippen molar-refractivity contribution < 1.29 is 4.79 Å². The Kier molecular flexibility index (Phi) is 4.31. The summed E-state index contributed by atoms with van der Waals surface area (Å²) in [5.41, 5.74) is 6.42. The fourth-order valence-electron chi connectivity index (χ4n) is 1.93. The Labute approximate surface area is 107 Å². The molecule has 0 aliphatic heterocycles. The van der Waals surface area contributed by atoms with Crippen LogP contribution in [0.3, 0.4) is 0 Å². The number of carbonyl (C=O) groups is 1. The second-order valence-corrected chi connectivity index (χ2v) is 4.35. The van der Waals surface area contributed by atoms with Gasteiger partial charge in [0.15, 0.2) is 0 Å². The number of rotatable bonds is 5. The molecule has 2 rings (SSSR count). The van der Waals surface area contributed by atoms with Crippen LogP contribution in [0.2, 0.25) is 0 Å². The van der Waals surface area contributed by atoms with Crippen LogP contribution in [0, 0.1) is 0 Å². The molecule has 94 valence electrons. The summed E-state index contributed by atoms with van der Waals surface area (Å²) in [6, 6.07) is 14.3. The maximum atomic E-state index is 11.7.